The molecule has 90 valence electrons. The van der Waals surface area contributed by atoms with E-state index in [1.165, 1.54) is 6.08 Å². The molecule has 0 atom stereocenters. The van der Waals surface area contributed by atoms with Crippen molar-refractivity contribution in [3.05, 3.63) is 35.6 Å². The fourth-order valence-electron chi connectivity index (χ4n) is 0.932. The van der Waals surface area contributed by atoms with Crippen molar-refractivity contribution >= 4 is 29.4 Å². The number of rotatable bonds is 4. The molecule has 1 heterocycles. The number of ether oxygens (including phenoxy) is 1. The number of pyridine rings is 1. The zero-order valence-electron chi connectivity index (χ0n) is 8.64. The van der Waals surface area contributed by atoms with Gasteiger partial charge in [0, 0.05) is 6.20 Å². The van der Waals surface area contributed by atoms with Gasteiger partial charge in [-0.25, -0.2) is 14.6 Å². The molecule has 0 spiro atoms. The quantitative estimate of drug-likeness (QED) is 0.806. The number of carboxylic acids is 1. The van der Waals surface area contributed by atoms with Crippen molar-refractivity contribution in [3.8, 4) is 0 Å². The molecule has 7 heteroatoms. The molecule has 0 aliphatic carbocycles. The molecule has 0 aromatic carbocycles. The van der Waals surface area contributed by atoms with E-state index in [0.29, 0.717) is 0 Å². The summed E-state index contributed by atoms with van der Waals surface area (Å²) in [4.78, 5) is 25.4. The number of anilines is 1. The average Bonchev–Trinajstić information content (AvgIpc) is 2.29. The highest BCUT2D eigenvalue weighted by Gasteiger charge is 2.11. The van der Waals surface area contributed by atoms with Crippen LogP contribution in [-0.2, 0) is 4.74 Å². The Hall–Kier alpha value is -2.08. The minimum Gasteiger partial charge on any atom is -0.477 e. The molecule has 0 saturated carbocycles. The van der Waals surface area contributed by atoms with E-state index in [2.05, 4.69) is 21.6 Å². The van der Waals surface area contributed by atoms with E-state index in [4.69, 9.17) is 16.7 Å². The predicted molar refractivity (Wildman–Crippen MR) is 61.4 cm³/mol. The Bertz CT molecular complexity index is 462. The number of hydrogen-bond donors (Lipinski definition) is 2. The minimum atomic E-state index is -1.22. The van der Waals surface area contributed by atoms with Gasteiger partial charge < -0.3 is 9.84 Å². The van der Waals surface area contributed by atoms with Crippen LogP contribution in [0.3, 0.4) is 0 Å². The van der Waals surface area contributed by atoms with Crippen LogP contribution in [0.5, 0.6) is 0 Å². The van der Waals surface area contributed by atoms with Crippen molar-refractivity contribution in [3.63, 3.8) is 0 Å². The molecular formula is C10H9ClN2O4. The Kier molecular flexibility index (Phi) is 4.47. The summed E-state index contributed by atoms with van der Waals surface area (Å²) in [5.41, 5.74) is -0.110. The Balaban J connectivity index is 2.82. The van der Waals surface area contributed by atoms with E-state index in [-0.39, 0.29) is 23.0 Å². The summed E-state index contributed by atoms with van der Waals surface area (Å²) in [6.07, 6.45) is 1.78. The summed E-state index contributed by atoms with van der Waals surface area (Å²) in [5, 5.41) is 11.1. The van der Waals surface area contributed by atoms with E-state index >= 15 is 0 Å². The molecule has 6 nitrogen and oxygen atoms in total. The van der Waals surface area contributed by atoms with Crippen LogP contribution in [-0.4, -0.2) is 28.8 Å². The van der Waals surface area contributed by atoms with Crippen LogP contribution in [0, 0.1) is 0 Å². The zero-order chi connectivity index (χ0) is 12.8. The van der Waals surface area contributed by atoms with Crippen LogP contribution in [0.1, 0.15) is 10.5 Å². The Morgan fingerprint density at radius 3 is 2.94 bits per heavy atom. The number of carbonyl (C=O) groups excluding carboxylic acids is 1. The summed E-state index contributed by atoms with van der Waals surface area (Å²) in [5.74, 6) is -1.22. The van der Waals surface area contributed by atoms with Crippen molar-refractivity contribution in [2.24, 2.45) is 0 Å². The number of amides is 1. The number of nitrogens with one attached hydrogen (secondary N) is 1. The fourth-order valence-corrected chi connectivity index (χ4v) is 1.08. The van der Waals surface area contributed by atoms with Crippen LogP contribution in [0.4, 0.5) is 10.5 Å². The number of nitrogens with zero attached hydrogens (tertiary/aromatic N) is 1. The van der Waals surface area contributed by atoms with Crippen molar-refractivity contribution in [1.82, 2.24) is 4.98 Å². The van der Waals surface area contributed by atoms with Gasteiger partial charge in [0.15, 0.2) is 0 Å². The van der Waals surface area contributed by atoms with Gasteiger partial charge in [-0.1, -0.05) is 24.3 Å². The van der Waals surface area contributed by atoms with Crippen LogP contribution in [0.25, 0.3) is 0 Å². The first-order chi connectivity index (χ1) is 8.04. The zero-order valence-corrected chi connectivity index (χ0v) is 9.40. The normalized spacial score (nSPS) is 9.47. The molecule has 17 heavy (non-hydrogen) atoms. The lowest BCUT2D eigenvalue weighted by atomic mass is 10.3. The Labute approximate surface area is 102 Å². The van der Waals surface area contributed by atoms with Crippen molar-refractivity contribution < 1.29 is 19.4 Å². The maximum atomic E-state index is 11.2. The van der Waals surface area contributed by atoms with Gasteiger partial charge in [0.05, 0.1) is 10.7 Å². The van der Waals surface area contributed by atoms with E-state index in [9.17, 15) is 9.59 Å². The highest BCUT2D eigenvalue weighted by Crippen LogP contribution is 2.21. The maximum Gasteiger partial charge on any atom is 0.411 e. The number of halogens is 1. The van der Waals surface area contributed by atoms with Gasteiger partial charge in [-0.2, -0.15) is 0 Å². The summed E-state index contributed by atoms with van der Waals surface area (Å²) >= 11 is 5.73. The summed E-state index contributed by atoms with van der Waals surface area (Å²) in [6.45, 7) is 3.42. The molecule has 0 radical (unpaired) electrons. The second-order valence-corrected chi connectivity index (χ2v) is 3.27. The van der Waals surface area contributed by atoms with E-state index < -0.39 is 12.1 Å². The highest BCUT2D eigenvalue weighted by molar-refractivity contribution is 6.33. The lowest BCUT2D eigenvalue weighted by Crippen LogP contribution is -2.14. The topological polar surface area (TPSA) is 88.5 Å². The Morgan fingerprint density at radius 2 is 2.35 bits per heavy atom. The van der Waals surface area contributed by atoms with Crippen LogP contribution < -0.4 is 5.32 Å². The Morgan fingerprint density at radius 1 is 1.65 bits per heavy atom. The van der Waals surface area contributed by atoms with Crippen LogP contribution in [0.15, 0.2) is 24.9 Å². The maximum absolute atomic E-state index is 11.2. The van der Waals surface area contributed by atoms with Gasteiger partial charge in [-0.3, -0.25) is 5.32 Å². The largest absolute Gasteiger partial charge is 0.477 e. The monoisotopic (exact) mass is 256 g/mol. The molecule has 0 fully saturated rings. The van der Waals surface area contributed by atoms with Gasteiger partial charge in [0.2, 0.25) is 0 Å². The van der Waals surface area contributed by atoms with Crippen molar-refractivity contribution in [2.75, 3.05) is 11.9 Å². The first-order valence-electron chi connectivity index (χ1n) is 4.48. The molecule has 0 bridgehead atoms. The molecule has 0 aliphatic heterocycles. The number of hydrogen-bond acceptors (Lipinski definition) is 4. The van der Waals surface area contributed by atoms with Crippen molar-refractivity contribution in [1.29, 1.82) is 0 Å². The van der Waals surface area contributed by atoms with Crippen LogP contribution >= 0.6 is 11.6 Å². The third kappa shape index (κ3) is 3.76. The molecule has 1 amide bonds. The SMILES string of the molecule is C=CCOC(=O)Nc1cc(C(=O)O)ncc1Cl. The van der Waals surface area contributed by atoms with Gasteiger partial charge in [0.1, 0.15) is 12.3 Å². The molecule has 0 saturated heterocycles. The molecule has 1 aromatic rings. The highest BCUT2D eigenvalue weighted by atomic mass is 35.5. The summed E-state index contributed by atoms with van der Waals surface area (Å²) in [7, 11) is 0. The molecule has 0 unspecified atom stereocenters. The summed E-state index contributed by atoms with van der Waals surface area (Å²) < 4.78 is 4.66. The van der Waals surface area contributed by atoms with Gasteiger partial charge in [0.25, 0.3) is 0 Å². The second kappa shape index (κ2) is 5.86. The number of carbonyl (C=O) groups is 2. The van der Waals surface area contributed by atoms with Gasteiger partial charge in [-0.15, -0.1) is 0 Å². The third-order valence-corrected chi connectivity index (χ3v) is 1.94. The lowest BCUT2D eigenvalue weighted by molar-refractivity contribution is 0.0690. The van der Waals surface area contributed by atoms with E-state index in [0.717, 1.165) is 12.3 Å². The van der Waals surface area contributed by atoms with Crippen molar-refractivity contribution in [2.45, 2.75) is 0 Å². The van der Waals surface area contributed by atoms with Gasteiger partial charge >= 0.3 is 12.1 Å². The lowest BCUT2D eigenvalue weighted by Gasteiger charge is -2.07. The van der Waals surface area contributed by atoms with Gasteiger partial charge in [-0.05, 0) is 6.07 Å². The van der Waals surface area contributed by atoms with Crippen LogP contribution in [0.2, 0.25) is 5.02 Å². The fraction of sp³-hybridized carbons (Fsp3) is 0.100. The first-order valence-corrected chi connectivity index (χ1v) is 4.86. The number of aromatic carboxylic acids is 1. The predicted octanol–water partition coefficient (Wildman–Crippen LogP) is 2.17. The average molecular weight is 257 g/mol. The molecule has 0 aliphatic rings. The molecule has 2 N–H and O–H groups in total. The minimum absolute atomic E-state index is 0.0420. The summed E-state index contributed by atoms with van der Waals surface area (Å²) in [6, 6.07) is 1.14. The number of aromatic nitrogens is 1. The van der Waals surface area contributed by atoms with E-state index in [1.54, 1.807) is 0 Å². The smallest absolute Gasteiger partial charge is 0.411 e. The molecular weight excluding hydrogens is 248 g/mol. The molecule has 1 rings (SSSR count). The first kappa shape index (κ1) is 13.0. The second-order valence-electron chi connectivity index (χ2n) is 2.87. The van der Waals surface area contributed by atoms with E-state index in [1.807, 2.05) is 0 Å². The third-order valence-electron chi connectivity index (χ3n) is 1.64. The molecule has 1 aromatic heterocycles. The standard InChI is InChI=1S/C10H9ClN2O4/c1-2-3-17-10(16)13-7-4-8(9(14)15)12-5-6(7)11/h2,4-5H,1,3H2,(H,14,15)(H,12,13,16). The number of carboxylic acid groups (broad SMARTS) is 1.